The molecule has 0 radical (unpaired) electrons. The summed E-state index contributed by atoms with van der Waals surface area (Å²) in [6, 6.07) is 6.55. The molecule has 0 N–H and O–H groups in total. The average Bonchev–Trinajstić information content (AvgIpc) is 2.07. The van der Waals surface area contributed by atoms with Crippen molar-refractivity contribution in [1.82, 2.24) is 0 Å². The van der Waals surface area contributed by atoms with Gasteiger partial charge in [0, 0.05) is 16.1 Å². The van der Waals surface area contributed by atoms with E-state index in [1.54, 1.807) is 6.07 Å². The monoisotopic (exact) mass is 259 g/mol. The van der Waals surface area contributed by atoms with E-state index in [0.29, 0.717) is 0 Å². The lowest BCUT2D eigenvalue weighted by Gasteiger charge is -2.01. The molecule has 0 amide bonds. The van der Waals surface area contributed by atoms with Gasteiger partial charge in [-0.05, 0) is 18.2 Å². The number of hydrogen-bond donors (Lipinski definition) is 0. The van der Waals surface area contributed by atoms with Crippen molar-refractivity contribution >= 4 is 33.0 Å². The summed E-state index contributed by atoms with van der Waals surface area (Å²) in [4.78, 5) is 10.4. The molecule has 0 saturated heterocycles. The molecule has 66 valence electrons. The van der Waals surface area contributed by atoms with Gasteiger partial charge in [0.2, 0.25) is 0 Å². The minimum Gasteiger partial charge on any atom is -0.413 e. The molecule has 0 atom stereocenters. The van der Waals surface area contributed by atoms with Crippen molar-refractivity contribution in [1.29, 1.82) is 5.26 Å². The Morgan fingerprint density at radius 2 is 2.31 bits per heavy atom. The number of carbonyl (C=O) groups excluding carboxylic acids is 1. The van der Waals surface area contributed by atoms with E-state index in [0.717, 1.165) is 4.47 Å². The Morgan fingerprint density at radius 3 is 2.85 bits per heavy atom. The number of rotatable bonds is 1. The maximum atomic E-state index is 10.4. The molecule has 0 saturated carbocycles. The standard InChI is InChI=1S/C8H3BrClNO2/c9-6-1-2-7(13-8(10)12)5(3-6)4-11/h1-3H. The van der Waals surface area contributed by atoms with Crippen LogP contribution in [0, 0.1) is 11.3 Å². The van der Waals surface area contributed by atoms with E-state index in [1.807, 2.05) is 6.07 Å². The topological polar surface area (TPSA) is 50.1 Å². The van der Waals surface area contributed by atoms with E-state index in [4.69, 9.17) is 16.9 Å². The molecule has 1 rings (SSSR count). The van der Waals surface area contributed by atoms with Crippen LogP contribution >= 0.6 is 27.5 Å². The summed E-state index contributed by atoms with van der Waals surface area (Å²) in [7, 11) is 0. The number of nitrogens with zero attached hydrogens (tertiary/aromatic N) is 1. The highest BCUT2D eigenvalue weighted by Gasteiger charge is 2.06. The minimum atomic E-state index is -0.959. The van der Waals surface area contributed by atoms with Gasteiger partial charge in [-0.15, -0.1) is 0 Å². The minimum absolute atomic E-state index is 0.158. The summed E-state index contributed by atoms with van der Waals surface area (Å²) in [5.74, 6) is 0.158. The SMILES string of the molecule is N#Cc1cc(Br)ccc1OC(=O)Cl. The Kier molecular flexibility index (Phi) is 3.29. The van der Waals surface area contributed by atoms with Crippen molar-refractivity contribution in [2.45, 2.75) is 0 Å². The summed E-state index contributed by atoms with van der Waals surface area (Å²) in [5, 5.41) is 8.65. The predicted molar refractivity (Wildman–Crippen MR) is 50.7 cm³/mol. The smallest absolute Gasteiger partial charge is 0.409 e. The first-order valence-electron chi connectivity index (χ1n) is 3.20. The highest BCUT2D eigenvalue weighted by Crippen LogP contribution is 2.22. The third kappa shape index (κ3) is 2.72. The summed E-state index contributed by atoms with van der Waals surface area (Å²) >= 11 is 8.18. The number of hydrogen-bond acceptors (Lipinski definition) is 3. The Labute approximate surface area is 88.0 Å². The summed E-state index contributed by atoms with van der Waals surface area (Å²) in [6.45, 7) is 0. The van der Waals surface area contributed by atoms with Crippen molar-refractivity contribution in [3.05, 3.63) is 28.2 Å². The molecule has 0 heterocycles. The second-order valence-corrected chi connectivity index (χ2v) is 3.32. The highest BCUT2D eigenvalue weighted by atomic mass is 79.9. The van der Waals surface area contributed by atoms with Crippen molar-refractivity contribution in [3.8, 4) is 11.8 Å². The van der Waals surface area contributed by atoms with E-state index in [2.05, 4.69) is 20.7 Å². The van der Waals surface area contributed by atoms with Gasteiger partial charge in [0.1, 0.15) is 11.8 Å². The lowest BCUT2D eigenvalue weighted by Crippen LogP contribution is -1.98. The first-order valence-corrected chi connectivity index (χ1v) is 4.37. The molecular weight excluding hydrogens is 257 g/mol. The lowest BCUT2D eigenvalue weighted by atomic mass is 10.2. The zero-order valence-corrected chi connectivity index (χ0v) is 8.59. The van der Waals surface area contributed by atoms with Crippen LogP contribution in [0.2, 0.25) is 0 Å². The second kappa shape index (κ2) is 4.26. The fourth-order valence-electron chi connectivity index (χ4n) is 0.765. The summed E-state index contributed by atoms with van der Waals surface area (Å²) in [5.41, 5.74) is -0.706. The fourth-order valence-corrected chi connectivity index (χ4v) is 1.21. The van der Waals surface area contributed by atoms with Crippen LogP contribution in [0.3, 0.4) is 0 Å². The normalized spacial score (nSPS) is 9.00. The molecule has 3 nitrogen and oxygen atoms in total. The van der Waals surface area contributed by atoms with Gasteiger partial charge in [0.15, 0.2) is 0 Å². The van der Waals surface area contributed by atoms with Gasteiger partial charge in [-0.25, -0.2) is 4.79 Å². The van der Waals surface area contributed by atoms with Crippen LogP contribution in [0.5, 0.6) is 5.75 Å². The first-order chi connectivity index (χ1) is 6.13. The molecule has 0 bridgehead atoms. The summed E-state index contributed by atoms with van der Waals surface area (Å²) < 4.78 is 5.31. The molecule has 0 spiro atoms. The molecule has 13 heavy (non-hydrogen) atoms. The fraction of sp³-hybridized carbons (Fsp3) is 0. The van der Waals surface area contributed by atoms with E-state index in [1.165, 1.54) is 12.1 Å². The molecule has 0 unspecified atom stereocenters. The molecule has 0 aliphatic rings. The Balaban J connectivity index is 3.08. The first kappa shape index (κ1) is 10.0. The van der Waals surface area contributed by atoms with Crippen LogP contribution in [0.4, 0.5) is 4.79 Å². The zero-order chi connectivity index (χ0) is 9.84. The van der Waals surface area contributed by atoms with E-state index in [9.17, 15) is 4.79 Å². The number of carbonyl (C=O) groups is 1. The molecule has 0 fully saturated rings. The largest absolute Gasteiger partial charge is 0.413 e. The quantitative estimate of drug-likeness (QED) is 0.729. The van der Waals surface area contributed by atoms with Gasteiger partial charge >= 0.3 is 5.43 Å². The maximum absolute atomic E-state index is 10.4. The van der Waals surface area contributed by atoms with Crippen LogP contribution in [-0.2, 0) is 0 Å². The van der Waals surface area contributed by atoms with Crippen molar-refractivity contribution < 1.29 is 9.53 Å². The van der Waals surface area contributed by atoms with Crippen molar-refractivity contribution in [2.24, 2.45) is 0 Å². The maximum Gasteiger partial charge on any atom is 0.409 e. The zero-order valence-electron chi connectivity index (χ0n) is 6.25. The number of nitriles is 1. The third-order valence-corrected chi connectivity index (χ3v) is 1.82. The molecule has 5 heteroatoms. The van der Waals surface area contributed by atoms with Gasteiger partial charge < -0.3 is 4.74 Å². The number of benzene rings is 1. The molecule has 1 aromatic rings. The van der Waals surface area contributed by atoms with Gasteiger partial charge in [0.05, 0.1) is 5.56 Å². The van der Waals surface area contributed by atoms with E-state index >= 15 is 0 Å². The Hall–Kier alpha value is -1.05. The average molecular weight is 260 g/mol. The predicted octanol–water partition coefficient (Wildman–Crippen LogP) is 3.06. The second-order valence-electron chi connectivity index (χ2n) is 2.09. The Bertz CT molecular complexity index is 386. The van der Waals surface area contributed by atoms with Crippen molar-refractivity contribution in [2.75, 3.05) is 0 Å². The van der Waals surface area contributed by atoms with Crippen LogP contribution in [0.15, 0.2) is 22.7 Å². The summed E-state index contributed by atoms with van der Waals surface area (Å²) in [6.07, 6.45) is 0. The van der Waals surface area contributed by atoms with Gasteiger partial charge in [-0.1, -0.05) is 15.9 Å². The Morgan fingerprint density at radius 1 is 1.62 bits per heavy atom. The van der Waals surface area contributed by atoms with Crippen LogP contribution < -0.4 is 4.74 Å². The van der Waals surface area contributed by atoms with E-state index in [-0.39, 0.29) is 11.3 Å². The number of ether oxygens (including phenoxy) is 1. The van der Waals surface area contributed by atoms with Crippen molar-refractivity contribution in [3.63, 3.8) is 0 Å². The van der Waals surface area contributed by atoms with E-state index < -0.39 is 5.43 Å². The van der Waals surface area contributed by atoms with Gasteiger partial charge in [-0.2, -0.15) is 5.26 Å². The highest BCUT2D eigenvalue weighted by molar-refractivity contribution is 9.10. The van der Waals surface area contributed by atoms with Crippen LogP contribution in [0.1, 0.15) is 5.56 Å². The van der Waals surface area contributed by atoms with Gasteiger partial charge in [0.25, 0.3) is 0 Å². The number of halogens is 2. The third-order valence-electron chi connectivity index (χ3n) is 1.25. The molecule has 1 aromatic carbocycles. The molecule has 0 aromatic heterocycles. The van der Waals surface area contributed by atoms with Gasteiger partial charge in [-0.3, -0.25) is 0 Å². The lowest BCUT2D eigenvalue weighted by molar-refractivity contribution is 0.225. The molecule has 0 aliphatic carbocycles. The van der Waals surface area contributed by atoms with Crippen LogP contribution in [0.25, 0.3) is 0 Å². The molecular formula is C8H3BrClNO2. The molecule has 0 aliphatic heterocycles. The van der Waals surface area contributed by atoms with Crippen LogP contribution in [-0.4, -0.2) is 5.43 Å².